The highest BCUT2D eigenvalue weighted by Gasteiger charge is 2.33. The lowest BCUT2D eigenvalue weighted by Crippen LogP contribution is -2.24. The van der Waals surface area contributed by atoms with Crippen molar-refractivity contribution in [1.29, 1.82) is 0 Å². The van der Waals surface area contributed by atoms with Crippen molar-refractivity contribution in [3.05, 3.63) is 65.2 Å². The van der Waals surface area contributed by atoms with Gasteiger partial charge in [-0.05, 0) is 31.2 Å². The van der Waals surface area contributed by atoms with Crippen LogP contribution < -0.4 is 10.2 Å². The van der Waals surface area contributed by atoms with Crippen molar-refractivity contribution in [3.63, 3.8) is 0 Å². The van der Waals surface area contributed by atoms with E-state index in [1.807, 2.05) is 30.3 Å². The number of para-hydroxylation sites is 1. The minimum Gasteiger partial charge on any atom is -0.312 e. The SMILES string of the molecule is Cc1ccc(SCCC(=O)Nc2nnc(C3CC(=O)N(c4ccccc4)C3)s2)cc1. The van der Waals surface area contributed by atoms with Gasteiger partial charge in [0.1, 0.15) is 5.01 Å². The second-order valence-corrected chi connectivity index (χ2v) is 9.32. The van der Waals surface area contributed by atoms with Gasteiger partial charge in [0.2, 0.25) is 16.9 Å². The number of nitrogens with zero attached hydrogens (tertiary/aromatic N) is 3. The lowest BCUT2D eigenvalue weighted by atomic mass is 10.1. The molecule has 6 nitrogen and oxygen atoms in total. The van der Waals surface area contributed by atoms with E-state index in [0.29, 0.717) is 30.3 Å². The summed E-state index contributed by atoms with van der Waals surface area (Å²) in [5.41, 5.74) is 2.12. The fourth-order valence-electron chi connectivity index (χ4n) is 3.26. The van der Waals surface area contributed by atoms with Gasteiger partial charge in [-0.1, -0.05) is 47.2 Å². The molecular formula is C22H22N4O2S2. The molecule has 0 spiro atoms. The van der Waals surface area contributed by atoms with E-state index >= 15 is 0 Å². The van der Waals surface area contributed by atoms with E-state index in [1.165, 1.54) is 16.9 Å². The predicted molar refractivity (Wildman–Crippen MR) is 121 cm³/mol. The summed E-state index contributed by atoms with van der Waals surface area (Å²) in [5.74, 6) is 0.702. The van der Waals surface area contributed by atoms with Gasteiger partial charge in [-0.25, -0.2) is 0 Å². The van der Waals surface area contributed by atoms with Crippen molar-refractivity contribution in [2.45, 2.75) is 30.6 Å². The average molecular weight is 439 g/mol. The predicted octanol–water partition coefficient (Wildman–Crippen LogP) is 4.49. The quantitative estimate of drug-likeness (QED) is 0.550. The molecule has 1 saturated heterocycles. The molecule has 1 aliphatic rings. The molecule has 0 radical (unpaired) electrons. The second kappa shape index (κ2) is 9.40. The van der Waals surface area contributed by atoms with Gasteiger partial charge in [0.15, 0.2) is 0 Å². The first-order chi connectivity index (χ1) is 14.6. The lowest BCUT2D eigenvalue weighted by Gasteiger charge is -2.15. The lowest BCUT2D eigenvalue weighted by molar-refractivity contribution is -0.117. The Labute approximate surface area is 183 Å². The van der Waals surface area contributed by atoms with Crippen LogP contribution >= 0.6 is 23.1 Å². The van der Waals surface area contributed by atoms with Gasteiger partial charge in [0.25, 0.3) is 0 Å². The molecule has 1 fully saturated rings. The third-order valence-corrected chi connectivity index (χ3v) is 6.86. The maximum Gasteiger partial charge on any atom is 0.227 e. The van der Waals surface area contributed by atoms with Crippen LogP contribution in [0.5, 0.6) is 0 Å². The van der Waals surface area contributed by atoms with Gasteiger partial charge in [0.05, 0.1) is 0 Å². The van der Waals surface area contributed by atoms with E-state index in [9.17, 15) is 9.59 Å². The number of carbonyl (C=O) groups excluding carboxylic acids is 2. The van der Waals surface area contributed by atoms with Crippen LogP contribution in [0, 0.1) is 6.92 Å². The fraction of sp³-hybridized carbons (Fsp3) is 0.273. The fourth-order valence-corrected chi connectivity index (χ4v) is 4.96. The molecule has 0 bridgehead atoms. The number of thioether (sulfide) groups is 1. The van der Waals surface area contributed by atoms with Crippen LogP contribution in [0.3, 0.4) is 0 Å². The van der Waals surface area contributed by atoms with Crippen molar-refractivity contribution in [2.24, 2.45) is 0 Å². The number of rotatable bonds is 7. The number of aryl methyl sites for hydroxylation is 1. The molecule has 0 aliphatic carbocycles. The van der Waals surface area contributed by atoms with Crippen LogP contribution in [0.15, 0.2) is 59.5 Å². The highest BCUT2D eigenvalue weighted by molar-refractivity contribution is 7.99. The van der Waals surface area contributed by atoms with E-state index < -0.39 is 0 Å². The minimum absolute atomic E-state index is 0.00190. The molecule has 2 amide bonds. The third kappa shape index (κ3) is 5.06. The van der Waals surface area contributed by atoms with Crippen LogP contribution in [0.25, 0.3) is 0 Å². The Kier molecular flexibility index (Phi) is 6.44. The maximum absolute atomic E-state index is 12.4. The Morgan fingerprint density at radius 3 is 2.70 bits per heavy atom. The normalized spacial score (nSPS) is 16.1. The second-order valence-electron chi connectivity index (χ2n) is 7.15. The number of nitrogens with one attached hydrogen (secondary N) is 1. The summed E-state index contributed by atoms with van der Waals surface area (Å²) in [6.07, 6.45) is 0.807. The number of amides is 2. The summed E-state index contributed by atoms with van der Waals surface area (Å²) < 4.78 is 0. The van der Waals surface area contributed by atoms with E-state index in [0.717, 1.165) is 15.6 Å². The molecule has 1 aliphatic heterocycles. The summed E-state index contributed by atoms with van der Waals surface area (Å²) in [6.45, 7) is 2.64. The number of anilines is 2. The van der Waals surface area contributed by atoms with Crippen LogP contribution in [0.2, 0.25) is 0 Å². The van der Waals surface area contributed by atoms with Crippen LogP contribution in [0.1, 0.15) is 29.3 Å². The van der Waals surface area contributed by atoms with Crippen molar-refractivity contribution >= 4 is 45.7 Å². The summed E-state index contributed by atoms with van der Waals surface area (Å²) in [7, 11) is 0. The van der Waals surface area contributed by atoms with Crippen molar-refractivity contribution in [1.82, 2.24) is 10.2 Å². The highest BCUT2D eigenvalue weighted by Crippen LogP contribution is 2.34. The smallest absolute Gasteiger partial charge is 0.227 e. The number of hydrogen-bond acceptors (Lipinski definition) is 6. The van der Waals surface area contributed by atoms with E-state index in [2.05, 4.69) is 46.7 Å². The Morgan fingerprint density at radius 2 is 1.93 bits per heavy atom. The Hall–Kier alpha value is -2.71. The average Bonchev–Trinajstić information content (AvgIpc) is 3.36. The summed E-state index contributed by atoms with van der Waals surface area (Å²) in [4.78, 5) is 27.6. The largest absolute Gasteiger partial charge is 0.312 e. The van der Waals surface area contributed by atoms with Gasteiger partial charge in [-0.3, -0.25) is 9.59 Å². The first-order valence-corrected chi connectivity index (χ1v) is 11.6. The van der Waals surface area contributed by atoms with Crippen molar-refractivity contribution in [3.8, 4) is 0 Å². The zero-order valence-electron chi connectivity index (χ0n) is 16.6. The molecule has 154 valence electrons. The van der Waals surface area contributed by atoms with Gasteiger partial charge in [-0.15, -0.1) is 22.0 Å². The summed E-state index contributed by atoms with van der Waals surface area (Å²) in [5, 5.41) is 12.4. The topological polar surface area (TPSA) is 75.2 Å². The monoisotopic (exact) mass is 438 g/mol. The number of hydrogen-bond donors (Lipinski definition) is 1. The molecule has 1 N–H and O–H groups in total. The molecule has 3 aromatic rings. The number of benzene rings is 2. The first-order valence-electron chi connectivity index (χ1n) is 9.76. The zero-order chi connectivity index (χ0) is 20.9. The van der Waals surface area contributed by atoms with Crippen molar-refractivity contribution in [2.75, 3.05) is 22.5 Å². The molecular weight excluding hydrogens is 416 g/mol. The van der Waals surface area contributed by atoms with E-state index in [1.54, 1.807) is 16.7 Å². The van der Waals surface area contributed by atoms with Crippen LogP contribution in [-0.2, 0) is 9.59 Å². The summed E-state index contributed by atoms with van der Waals surface area (Å²) in [6, 6.07) is 17.9. The van der Waals surface area contributed by atoms with Gasteiger partial charge >= 0.3 is 0 Å². The summed E-state index contributed by atoms with van der Waals surface area (Å²) >= 11 is 3.00. The molecule has 8 heteroatoms. The van der Waals surface area contributed by atoms with Crippen LogP contribution in [-0.4, -0.2) is 34.3 Å². The van der Waals surface area contributed by atoms with Gasteiger partial charge in [0, 0.05) is 41.6 Å². The molecule has 2 heterocycles. The number of carbonyl (C=O) groups is 2. The molecule has 1 aromatic heterocycles. The van der Waals surface area contributed by atoms with Gasteiger partial charge < -0.3 is 10.2 Å². The molecule has 30 heavy (non-hydrogen) atoms. The third-order valence-electron chi connectivity index (χ3n) is 4.85. The standard InChI is InChI=1S/C22H22N4O2S2/c1-15-7-9-18(10-8-15)29-12-11-19(27)23-22-25-24-21(30-22)16-13-20(28)26(14-16)17-5-3-2-4-6-17/h2-10,16H,11-14H2,1H3,(H,23,25,27). The minimum atomic E-state index is -0.0780. The Balaban J connectivity index is 1.28. The Morgan fingerprint density at radius 1 is 1.17 bits per heavy atom. The van der Waals surface area contributed by atoms with Gasteiger partial charge in [-0.2, -0.15) is 0 Å². The molecule has 2 aromatic carbocycles. The molecule has 1 atom stereocenters. The van der Waals surface area contributed by atoms with E-state index in [-0.39, 0.29) is 17.7 Å². The van der Waals surface area contributed by atoms with E-state index in [4.69, 9.17) is 0 Å². The zero-order valence-corrected chi connectivity index (χ0v) is 18.2. The van der Waals surface area contributed by atoms with Crippen molar-refractivity contribution < 1.29 is 9.59 Å². The number of aromatic nitrogens is 2. The molecule has 0 saturated carbocycles. The van der Waals surface area contributed by atoms with Crippen LogP contribution in [0.4, 0.5) is 10.8 Å². The first kappa shape index (κ1) is 20.6. The molecule has 4 rings (SSSR count). The Bertz CT molecular complexity index is 1020. The molecule has 1 unspecified atom stereocenters. The highest BCUT2D eigenvalue weighted by atomic mass is 32.2. The maximum atomic E-state index is 12.4.